The minimum atomic E-state index is -4.40. The number of imidazole rings is 1. The number of hydrogen-bond acceptors (Lipinski definition) is 2. The summed E-state index contributed by atoms with van der Waals surface area (Å²) in [6.07, 6.45) is -0.564. The summed E-state index contributed by atoms with van der Waals surface area (Å²) in [6, 6.07) is 7.41. The van der Waals surface area contributed by atoms with E-state index >= 15 is 0 Å². The predicted molar refractivity (Wildman–Crippen MR) is 93.3 cm³/mol. The van der Waals surface area contributed by atoms with Crippen LogP contribution in [0.15, 0.2) is 35.7 Å². The van der Waals surface area contributed by atoms with E-state index in [0.717, 1.165) is 49.6 Å². The molecular formula is C19H18ClF3N2OS. The van der Waals surface area contributed by atoms with Crippen molar-refractivity contribution in [3.05, 3.63) is 52.0 Å². The number of nitrogens with zero attached hydrogens (tertiary/aromatic N) is 2. The third-order valence-electron chi connectivity index (χ3n) is 4.89. The average Bonchev–Trinajstić information content (AvgIpc) is 3.15. The van der Waals surface area contributed by atoms with Gasteiger partial charge >= 0.3 is 6.18 Å². The molecular weight excluding hydrogens is 397 g/mol. The number of rotatable bonds is 3. The minimum absolute atomic E-state index is 0. The second-order valence-corrected chi connectivity index (χ2v) is 7.51. The van der Waals surface area contributed by atoms with Gasteiger partial charge in [-0.25, -0.2) is 9.13 Å². The molecule has 27 heavy (non-hydrogen) atoms. The van der Waals surface area contributed by atoms with Gasteiger partial charge in [0.2, 0.25) is 5.78 Å². The van der Waals surface area contributed by atoms with Crippen LogP contribution in [0.5, 0.6) is 0 Å². The summed E-state index contributed by atoms with van der Waals surface area (Å²) < 4.78 is 43.5. The van der Waals surface area contributed by atoms with Gasteiger partial charge in [-0.1, -0.05) is 6.07 Å². The number of benzene rings is 1. The highest BCUT2D eigenvalue weighted by molar-refractivity contribution is 7.12. The maximum atomic E-state index is 13.2. The van der Waals surface area contributed by atoms with Gasteiger partial charge in [0.05, 0.1) is 17.0 Å². The molecule has 0 N–H and O–H groups in total. The Morgan fingerprint density at radius 1 is 1.19 bits per heavy atom. The summed E-state index contributed by atoms with van der Waals surface area (Å²) in [6.45, 7) is 0.845. The van der Waals surface area contributed by atoms with E-state index in [1.807, 2.05) is 11.4 Å². The lowest BCUT2D eigenvalue weighted by atomic mass is 10.1. The summed E-state index contributed by atoms with van der Waals surface area (Å²) >= 11 is 1.36. The molecule has 1 aromatic carbocycles. The van der Waals surface area contributed by atoms with Crippen molar-refractivity contribution in [3.63, 3.8) is 0 Å². The van der Waals surface area contributed by atoms with Gasteiger partial charge in [0.15, 0.2) is 17.6 Å². The zero-order valence-electron chi connectivity index (χ0n) is 14.4. The monoisotopic (exact) mass is 414 g/mol. The largest absolute Gasteiger partial charge is 1.00 e. The third-order valence-corrected chi connectivity index (χ3v) is 5.80. The number of aryl methyl sites for hydroxylation is 1. The summed E-state index contributed by atoms with van der Waals surface area (Å²) in [5, 5.41) is 1.83. The Kier molecular flexibility index (Phi) is 5.63. The Hall–Kier alpha value is -1.86. The van der Waals surface area contributed by atoms with Crippen LogP contribution >= 0.6 is 11.3 Å². The molecule has 0 bridgehead atoms. The number of halogens is 4. The Bertz CT molecular complexity index is 964. The first kappa shape index (κ1) is 19.9. The van der Waals surface area contributed by atoms with Crippen LogP contribution in [0.2, 0.25) is 0 Å². The molecule has 0 aliphatic carbocycles. The van der Waals surface area contributed by atoms with Crippen LogP contribution in [-0.4, -0.2) is 10.4 Å². The highest BCUT2D eigenvalue weighted by Gasteiger charge is 2.34. The van der Waals surface area contributed by atoms with Crippen LogP contribution in [0.25, 0.3) is 11.0 Å². The number of ketones is 1. The molecule has 0 unspecified atom stereocenters. The van der Waals surface area contributed by atoms with Crippen molar-refractivity contribution in [3.8, 4) is 0 Å². The molecule has 8 heteroatoms. The van der Waals surface area contributed by atoms with Crippen molar-refractivity contribution in [2.45, 2.75) is 44.9 Å². The van der Waals surface area contributed by atoms with E-state index in [1.54, 1.807) is 16.7 Å². The van der Waals surface area contributed by atoms with Crippen LogP contribution in [0, 0.1) is 0 Å². The highest BCUT2D eigenvalue weighted by Crippen LogP contribution is 2.32. The summed E-state index contributed by atoms with van der Waals surface area (Å²) in [5.41, 5.74) is 0.582. The quantitative estimate of drug-likeness (QED) is 0.472. The van der Waals surface area contributed by atoms with Crippen molar-refractivity contribution in [1.29, 1.82) is 0 Å². The van der Waals surface area contributed by atoms with Crippen molar-refractivity contribution in [2.75, 3.05) is 0 Å². The number of Topliss-reactive ketones (excluding diaryl/α,β-unsaturated/α-hetero) is 1. The van der Waals surface area contributed by atoms with Gasteiger partial charge in [-0.3, -0.25) is 4.79 Å². The molecule has 0 spiro atoms. The second kappa shape index (κ2) is 7.64. The van der Waals surface area contributed by atoms with Crippen molar-refractivity contribution >= 4 is 28.2 Å². The van der Waals surface area contributed by atoms with Crippen molar-refractivity contribution in [1.82, 2.24) is 4.57 Å². The van der Waals surface area contributed by atoms with E-state index in [-0.39, 0.29) is 24.7 Å². The van der Waals surface area contributed by atoms with Gasteiger partial charge in [0.1, 0.15) is 0 Å². The van der Waals surface area contributed by atoms with Gasteiger partial charge in [0.25, 0.3) is 5.82 Å². The Morgan fingerprint density at radius 3 is 2.70 bits per heavy atom. The smallest absolute Gasteiger partial charge is 0.416 e. The van der Waals surface area contributed by atoms with E-state index < -0.39 is 11.7 Å². The fraction of sp³-hybridized carbons (Fsp3) is 0.368. The lowest BCUT2D eigenvalue weighted by molar-refractivity contribution is -0.678. The summed E-state index contributed by atoms with van der Waals surface area (Å²) in [5.74, 6) is 0.878. The number of thiophene rings is 1. The Labute approximate surface area is 164 Å². The molecule has 4 rings (SSSR count). The molecule has 144 valence electrons. The normalized spacial score (nSPS) is 14.5. The first-order chi connectivity index (χ1) is 12.4. The number of carbonyl (C=O) groups excluding carboxylic acids is 1. The van der Waals surface area contributed by atoms with E-state index in [1.165, 1.54) is 17.4 Å². The van der Waals surface area contributed by atoms with Crippen LogP contribution in [0.4, 0.5) is 13.2 Å². The average molecular weight is 415 g/mol. The molecule has 0 amide bonds. The molecule has 0 atom stereocenters. The van der Waals surface area contributed by atoms with Gasteiger partial charge < -0.3 is 12.4 Å². The van der Waals surface area contributed by atoms with Crippen LogP contribution in [0.3, 0.4) is 0 Å². The molecule has 0 saturated carbocycles. The van der Waals surface area contributed by atoms with Crippen molar-refractivity contribution in [2.24, 2.45) is 0 Å². The minimum Gasteiger partial charge on any atom is -1.00 e. The zero-order valence-corrected chi connectivity index (χ0v) is 16.0. The van der Waals surface area contributed by atoms with E-state index in [4.69, 9.17) is 0 Å². The molecule has 2 aromatic heterocycles. The predicted octanol–water partition coefficient (Wildman–Crippen LogP) is 1.62. The van der Waals surface area contributed by atoms with Gasteiger partial charge in [-0.05, 0) is 42.8 Å². The topological polar surface area (TPSA) is 25.9 Å². The first-order valence-electron chi connectivity index (χ1n) is 8.64. The number of alkyl halides is 3. The van der Waals surface area contributed by atoms with Gasteiger partial charge in [-0.2, -0.15) is 13.2 Å². The van der Waals surface area contributed by atoms with E-state index in [0.29, 0.717) is 10.4 Å². The standard InChI is InChI=1S/C19H18F3N2OS.ClH/c20-19(21,22)13-7-8-14-15(11-13)24(12-16(25)17-5-4-10-26-17)18-6-2-1-3-9-23(14)18;/h4-5,7-8,10-11H,1-3,6,9,12H2;1H/q+1;/p-1. The van der Waals surface area contributed by atoms with Crippen LogP contribution in [0.1, 0.15) is 40.3 Å². The molecule has 3 heterocycles. The molecule has 3 aromatic rings. The fourth-order valence-electron chi connectivity index (χ4n) is 3.65. The maximum absolute atomic E-state index is 13.2. The molecule has 0 radical (unpaired) electrons. The number of hydrogen-bond donors (Lipinski definition) is 0. The zero-order chi connectivity index (χ0) is 18.3. The van der Waals surface area contributed by atoms with E-state index in [9.17, 15) is 18.0 Å². The maximum Gasteiger partial charge on any atom is 0.416 e. The third kappa shape index (κ3) is 3.75. The molecule has 1 aliphatic heterocycles. The van der Waals surface area contributed by atoms with Crippen molar-refractivity contribution < 1.29 is 34.9 Å². The lowest BCUT2D eigenvalue weighted by Crippen LogP contribution is -3.00. The SMILES string of the molecule is O=C(Cn1c2[n+](c3ccc(C(F)(F)F)cc31)CCCCC2)c1cccs1.[Cl-]. The number of carbonyl (C=O) groups is 1. The molecule has 3 nitrogen and oxygen atoms in total. The Morgan fingerprint density at radius 2 is 2.00 bits per heavy atom. The highest BCUT2D eigenvalue weighted by atomic mass is 35.5. The molecule has 1 aliphatic rings. The van der Waals surface area contributed by atoms with Crippen LogP contribution < -0.4 is 17.0 Å². The number of aromatic nitrogens is 2. The Balaban J connectivity index is 0.00000210. The van der Waals surface area contributed by atoms with E-state index in [2.05, 4.69) is 4.57 Å². The molecule has 0 saturated heterocycles. The lowest BCUT2D eigenvalue weighted by Gasteiger charge is -2.06. The van der Waals surface area contributed by atoms with Gasteiger partial charge in [-0.15, -0.1) is 11.3 Å². The summed E-state index contributed by atoms with van der Waals surface area (Å²) in [4.78, 5) is 13.3. The number of fused-ring (bicyclic) bond motifs is 3. The summed E-state index contributed by atoms with van der Waals surface area (Å²) in [7, 11) is 0. The molecule has 0 fully saturated rings. The van der Waals surface area contributed by atoms with Gasteiger partial charge in [0, 0.05) is 12.5 Å². The van der Waals surface area contributed by atoms with Crippen LogP contribution in [-0.2, 0) is 25.7 Å². The second-order valence-electron chi connectivity index (χ2n) is 6.57. The fourth-order valence-corrected chi connectivity index (χ4v) is 4.31. The first-order valence-corrected chi connectivity index (χ1v) is 9.52.